The molecule has 3 rings (SSSR count). The summed E-state index contributed by atoms with van der Waals surface area (Å²) in [7, 11) is 2.83. The summed E-state index contributed by atoms with van der Waals surface area (Å²) < 4.78 is 10.1. The fourth-order valence-corrected chi connectivity index (χ4v) is 2.79. The molecule has 4 nitrogen and oxygen atoms in total. The van der Waals surface area contributed by atoms with Gasteiger partial charge in [0.15, 0.2) is 0 Å². The maximum atomic E-state index is 12.0. The lowest BCUT2D eigenvalue weighted by atomic mass is 9.94. The van der Waals surface area contributed by atoms with Crippen LogP contribution >= 0.6 is 0 Å². The van der Waals surface area contributed by atoms with Crippen molar-refractivity contribution in [3.05, 3.63) is 65.7 Å². The first-order chi connectivity index (χ1) is 11.7. The molecule has 0 unspecified atom stereocenters. The first kappa shape index (κ1) is 15.7. The molecule has 0 amide bonds. The number of rotatable bonds is 4. The van der Waals surface area contributed by atoms with Crippen LogP contribution in [0.25, 0.3) is 21.9 Å². The smallest absolute Gasteiger partial charge is 0.341 e. The second-order valence-electron chi connectivity index (χ2n) is 5.31. The van der Waals surface area contributed by atoms with Crippen LogP contribution in [-0.2, 0) is 4.74 Å². The summed E-state index contributed by atoms with van der Waals surface area (Å²) in [4.78, 5) is 23.3. The zero-order chi connectivity index (χ0) is 17.1. The third kappa shape index (κ3) is 2.74. The molecule has 3 aromatic carbocycles. The summed E-state index contributed by atoms with van der Waals surface area (Å²) in [6, 6.07) is 16.8. The Morgan fingerprint density at radius 2 is 1.79 bits per heavy atom. The van der Waals surface area contributed by atoms with E-state index >= 15 is 0 Å². The Morgan fingerprint density at radius 3 is 2.50 bits per heavy atom. The molecule has 0 radical (unpaired) electrons. The SMILES string of the molecule is COC(=O)c1cc(-c2cc(C=O)cc3ccccc23)ccc1OC. The average Bonchev–Trinajstić information content (AvgIpc) is 2.65. The van der Waals surface area contributed by atoms with Gasteiger partial charge in [-0.3, -0.25) is 4.79 Å². The molecular formula is C20H16O4. The van der Waals surface area contributed by atoms with Gasteiger partial charge in [0, 0.05) is 5.56 Å². The minimum absolute atomic E-state index is 0.345. The fourth-order valence-electron chi connectivity index (χ4n) is 2.79. The van der Waals surface area contributed by atoms with Crippen molar-refractivity contribution in [3.63, 3.8) is 0 Å². The molecule has 0 aliphatic rings. The van der Waals surface area contributed by atoms with E-state index in [-0.39, 0.29) is 0 Å². The third-order valence-electron chi connectivity index (χ3n) is 3.94. The van der Waals surface area contributed by atoms with Gasteiger partial charge in [-0.25, -0.2) is 4.79 Å². The van der Waals surface area contributed by atoms with Crippen molar-refractivity contribution in [1.82, 2.24) is 0 Å². The van der Waals surface area contributed by atoms with Crippen LogP contribution in [0.2, 0.25) is 0 Å². The highest BCUT2D eigenvalue weighted by molar-refractivity contribution is 6.02. The molecule has 0 aliphatic carbocycles. The Kier molecular flexibility index (Phi) is 4.29. The fraction of sp³-hybridized carbons (Fsp3) is 0.100. The largest absolute Gasteiger partial charge is 0.496 e. The van der Waals surface area contributed by atoms with Crippen LogP contribution in [0.1, 0.15) is 20.7 Å². The van der Waals surface area contributed by atoms with E-state index in [4.69, 9.17) is 9.47 Å². The normalized spacial score (nSPS) is 10.4. The summed E-state index contributed by atoms with van der Waals surface area (Å²) in [5.41, 5.74) is 2.62. The molecule has 4 heteroatoms. The van der Waals surface area contributed by atoms with Gasteiger partial charge in [0.2, 0.25) is 0 Å². The van der Waals surface area contributed by atoms with Crippen molar-refractivity contribution in [2.24, 2.45) is 0 Å². The van der Waals surface area contributed by atoms with E-state index in [1.54, 1.807) is 12.1 Å². The van der Waals surface area contributed by atoms with E-state index in [9.17, 15) is 9.59 Å². The Bertz CT molecular complexity index is 928. The zero-order valence-electron chi connectivity index (χ0n) is 13.4. The van der Waals surface area contributed by atoms with E-state index in [1.165, 1.54) is 14.2 Å². The molecule has 0 saturated carbocycles. The summed E-state index contributed by atoms with van der Waals surface area (Å²) >= 11 is 0. The van der Waals surface area contributed by atoms with Gasteiger partial charge in [0.1, 0.15) is 17.6 Å². The second-order valence-corrected chi connectivity index (χ2v) is 5.31. The van der Waals surface area contributed by atoms with Crippen molar-refractivity contribution in [1.29, 1.82) is 0 Å². The van der Waals surface area contributed by atoms with Gasteiger partial charge in [-0.2, -0.15) is 0 Å². The molecule has 0 N–H and O–H groups in total. The number of fused-ring (bicyclic) bond motifs is 1. The quantitative estimate of drug-likeness (QED) is 0.536. The van der Waals surface area contributed by atoms with Crippen LogP contribution in [0.15, 0.2) is 54.6 Å². The van der Waals surface area contributed by atoms with Crippen molar-refractivity contribution in [3.8, 4) is 16.9 Å². The Labute approximate surface area is 139 Å². The maximum Gasteiger partial charge on any atom is 0.341 e. The molecular weight excluding hydrogens is 304 g/mol. The predicted molar refractivity (Wildman–Crippen MR) is 92.7 cm³/mol. The third-order valence-corrected chi connectivity index (χ3v) is 3.94. The number of carbonyl (C=O) groups is 2. The number of methoxy groups -OCH3 is 2. The van der Waals surface area contributed by atoms with Gasteiger partial charge in [-0.1, -0.05) is 30.3 Å². The molecule has 0 fully saturated rings. The standard InChI is InChI=1S/C20H16O4/c1-23-19-8-7-15(11-18(19)20(22)24-2)17-10-13(12-21)9-14-5-3-4-6-16(14)17/h3-12H,1-2H3. The van der Waals surface area contributed by atoms with Crippen LogP contribution in [0.3, 0.4) is 0 Å². The topological polar surface area (TPSA) is 52.6 Å². The first-order valence-electron chi connectivity index (χ1n) is 7.42. The van der Waals surface area contributed by atoms with Crippen molar-refractivity contribution < 1.29 is 19.1 Å². The van der Waals surface area contributed by atoms with Gasteiger partial charge >= 0.3 is 5.97 Å². The molecule has 0 saturated heterocycles. The van der Waals surface area contributed by atoms with Crippen molar-refractivity contribution in [2.45, 2.75) is 0 Å². The highest BCUT2D eigenvalue weighted by Gasteiger charge is 2.15. The molecule has 0 heterocycles. The Morgan fingerprint density at radius 1 is 1.00 bits per heavy atom. The van der Waals surface area contributed by atoms with E-state index < -0.39 is 5.97 Å². The highest BCUT2D eigenvalue weighted by atomic mass is 16.5. The van der Waals surface area contributed by atoms with Crippen molar-refractivity contribution in [2.75, 3.05) is 14.2 Å². The number of ether oxygens (including phenoxy) is 2. The molecule has 3 aromatic rings. The molecule has 0 aromatic heterocycles. The van der Waals surface area contributed by atoms with Crippen LogP contribution in [0.4, 0.5) is 0 Å². The molecule has 0 bridgehead atoms. The van der Waals surface area contributed by atoms with Crippen LogP contribution in [0, 0.1) is 0 Å². The lowest BCUT2D eigenvalue weighted by Crippen LogP contribution is -2.04. The molecule has 120 valence electrons. The minimum Gasteiger partial charge on any atom is -0.496 e. The molecule has 0 spiro atoms. The van der Waals surface area contributed by atoms with Crippen LogP contribution in [-0.4, -0.2) is 26.5 Å². The number of hydrogen-bond acceptors (Lipinski definition) is 4. The predicted octanol–water partition coefficient (Wildman–Crippen LogP) is 4.11. The Balaban J connectivity index is 2.27. The monoisotopic (exact) mass is 320 g/mol. The maximum absolute atomic E-state index is 12.0. The van der Waals surface area contributed by atoms with E-state index in [0.29, 0.717) is 16.9 Å². The van der Waals surface area contributed by atoms with Crippen molar-refractivity contribution >= 4 is 23.0 Å². The molecule has 0 aliphatic heterocycles. The highest BCUT2D eigenvalue weighted by Crippen LogP contribution is 2.33. The number of benzene rings is 3. The second kappa shape index (κ2) is 6.54. The van der Waals surface area contributed by atoms with E-state index in [0.717, 1.165) is 28.2 Å². The summed E-state index contributed by atoms with van der Waals surface area (Å²) in [6.45, 7) is 0. The van der Waals surface area contributed by atoms with E-state index in [1.807, 2.05) is 42.5 Å². The number of hydrogen-bond donors (Lipinski definition) is 0. The number of esters is 1. The average molecular weight is 320 g/mol. The van der Waals surface area contributed by atoms with Gasteiger partial charge in [-0.15, -0.1) is 0 Å². The lowest BCUT2D eigenvalue weighted by molar-refractivity contribution is 0.0597. The van der Waals surface area contributed by atoms with Crippen LogP contribution in [0.5, 0.6) is 5.75 Å². The number of carbonyl (C=O) groups excluding carboxylic acids is 2. The summed E-state index contributed by atoms with van der Waals surface area (Å²) in [5.74, 6) is -0.0222. The summed E-state index contributed by atoms with van der Waals surface area (Å²) in [6.07, 6.45) is 0.820. The van der Waals surface area contributed by atoms with Crippen LogP contribution < -0.4 is 4.74 Å². The van der Waals surface area contributed by atoms with Gasteiger partial charge < -0.3 is 9.47 Å². The zero-order valence-corrected chi connectivity index (χ0v) is 13.4. The minimum atomic E-state index is -0.468. The van der Waals surface area contributed by atoms with Gasteiger partial charge in [0.25, 0.3) is 0 Å². The number of aldehydes is 1. The summed E-state index contributed by atoms with van der Waals surface area (Å²) in [5, 5.41) is 1.97. The van der Waals surface area contributed by atoms with Gasteiger partial charge in [-0.05, 0) is 46.2 Å². The lowest BCUT2D eigenvalue weighted by Gasteiger charge is -2.12. The Hall–Kier alpha value is -3.14. The molecule has 0 atom stereocenters. The van der Waals surface area contributed by atoms with Gasteiger partial charge in [0.05, 0.1) is 14.2 Å². The first-order valence-corrected chi connectivity index (χ1v) is 7.42. The van der Waals surface area contributed by atoms with E-state index in [2.05, 4.69) is 0 Å². The molecule has 24 heavy (non-hydrogen) atoms.